The zero-order chi connectivity index (χ0) is 22.1. The van der Waals surface area contributed by atoms with E-state index in [-0.39, 0.29) is 29.1 Å². The molecule has 0 bridgehead atoms. The van der Waals surface area contributed by atoms with Crippen LogP contribution >= 0.6 is 11.3 Å². The largest absolute Gasteiger partial charge is 0.350 e. The van der Waals surface area contributed by atoms with Gasteiger partial charge in [0.2, 0.25) is 11.8 Å². The van der Waals surface area contributed by atoms with Crippen LogP contribution in [0.1, 0.15) is 55.1 Å². The number of amides is 2. The summed E-state index contributed by atoms with van der Waals surface area (Å²) in [5, 5.41) is 5.22. The molecular weight excluding hydrogens is 427 g/mol. The number of carbonyl (C=O) groups is 2. The van der Waals surface area contributed by atoms with Crippen molar-refractivity contribution in [1.82, 2.24) is 20.2 Å². The topological polar surface area (TPSA) is 78.1 Å². The molecule has 0 radical (unpaired) electrons. The molecule has 2 aromatic heterocycles. The zero-order valence-corrected chi connectivity index (χ0v) is 18.7. The van der Waals surface area contributed by atoms with Crippen molar-refractivity contribution in [3.05, 3.63) is 52.2 Å². The molecule has 3 aromatic rings. The molecule has 2 saturated heterocycles. The van der Waals surface area contributed by atoms with E-state index in [1.807, 2.05) is 16.3 Å². The summed E-state index contributed by atoms with van der Waals surface area (Å²) in [4.78, 5) is 36.0. The van der Waals surface area contributed by atoms with Crippen LogP contribution in [-0.4, -0.2) is 45.3 Å². The lowest BCUT2D eigenvalue weighted by atomic mass is 9.87. The highest BCUT2D eigenvalue weighted by Gasteiger charge is 2.38. The molecule has 6 nitrogen and oxygen atoms in total. The molecule has 32 heavy (non-hydrogen) atoms. The Hall–Kier alpha value is -2.74. The predicted molar refractivity (Wildman–Crippen MR) is 122 cm³/mol. The summed E-state index contributed by atoms with van der Waals surface area (Å²) in [6.45, 7) is 1.39. The van der Waals surface area contributed by atoms with Crippen LogP contribution in [0.15, 0.2) is 35.7 Å². The second-order valence-electron chi connectivity index (χ2n) is 9.02. The second kappa shape index (κ2) is 8.65. The maximum absolute atomic E-state index is 13.5. The minimum Gasteiger partial charge on any atom is -0.350 e. The average molecular weight is 455 g/mol. The van der Waals surface area contributed by atoms with Gasteiger partial charge in [0, 0.05) is 48.7 Å². The number of aromatic amines is 1. The maximum Gasteiger partial charge on any atom is 0.222 e. The molecular formula is C24H27FN4O2S. The number of H-pyrrole nitrogens is 1. The third-order valence-electron chi connectivity index (χ3n) is 6.84. The standard InChI is InChI=1S/C24H27FN4O2S/c25-17-3-4-19-20(14-17)27-23(26-19)16-7-11-29(12-8-16)22(31)6-10-24(9-5-21(30)28-24)15-18-2-1-13-32-18/h1-4,13-14,16H,5-12,15H2,(H,26,27)(H,28,30). The highest BCUT2D eigenvalue weighted by Crippen LogP contribution is 2.32. The van der Waals surface area contributed by atoms with Crippen molar-refractivity contribution in [3.8, 4) is 0 Å². The number of fused-ring (bicyclic) bond motifs is 1. The van der Waals surface area contributed by atoms with E-state index in [4.69, 9.17) is 0 Å². The van der Waals surface area contributed by atoms with Crippen molar-refractivity contribution in [2.24, 2.45) is 0 Å². The van der Waals surface area contributed by atoms with Crippen LogP contribution < -0.4 is 5.32 Å². The average Bonchev–Trinajstić information content (AvgIpc) is 3.53. The minimum absolute atomic E-state index is 0.0838. The van der Waals surface area contributed by atoms with E-state index in [0.717, 1.165) is 37.0 Å². The lowest BCUT2D eigenvalue weighted by molar-refractivity contribution is -0.133. The number of hydrogen-bond donors (Lipinski definition) is 2. The van der Waals surface area contributed by atoms with Gasteiger partial charge < -0.3 is 15.2 Å². The Morgan fingerprint density at radius 1 is 1.28 bits per heavy atom. The number of nitrogens with zero attached hydrogens (tertiary/aromatic N) is 2. The van der Waals surface area contributed by atoms with E-state index in [1.54, 1.807) is 17.4 Å². The number of carbonyl (C=O) groups excluding carboxylic acids is 2. The molecule has 0 spiro atoms. The first-order valence-electron chi connectivity index (χ1n) is 11.3. The highest BCUT2D eigenvalue weighted by molar-refractivity contribution is 7.09. The summed E-state index contributed by atoms with van der Waals surface area (Å²) in [6.07, 6.45) is 4.90. The second-order valence-corrected chi connectivity index (χ2v) is 10.1. The molecule has 0 saturated carbocycles. The molecule has 0 aliphatic carbocycles. The van der Waals surface area contributed by atoms with Gasteiger partial charge in [0.05, 0.1) is 11.0 Å². The van der Waals surface area contributed by atoms with Gasteiger partial charge in [0.1, 0.15) is 11.6 Å². The number of thiophene rings is 1. The molecule has 2 aliphatic rings. The van der Waals surface area contributed by atoms with E-state index < -0.39 is 0 Å². The Balaban J connectivity index is 1.17. The van der Waals surface area contributed by atoms with Crippen LogP contribution in [0, 0.1) is 5.82 Å². The fourth-order valence-corrected chi connectivity index (χ4v) is 5.88. The van der Waals surface area contributed by atoms with Crippen molar-refractivity contribution in [2.75, 3.05) is 13.1 Å². The van der Waals surface area contributed by atoms with E-state index in [9.17, 15) is 14.0 Å². The van der Waals surface area contributed by atoms with Gasteiger partial charge in [-0.05, 0) is 55.3 Å². The van der Waals surface area contributed by atoms with Gasteiger partial charge in [-0.15, -0.1) is 11.3 Å². The molecule has 5 rings (SSSR count). The van der Waals surface area contributed by atoms with Crippen molar-refractivity contribution < 1.29 is 14.0 Å². The number of rotatable bonds is 6. The van der Waals surface area contributed by atoms with Crippen LogP contribution in [-0.2, 0) is 16.0 Å². The Bertz CT molecular complexity index is 1120. The van der Waals surface area contributed by atoms with Crippen LogP contribution in [0.4, 0.5) is 4.39 Å². The van der Waals surface area contributed by atoms with Crippen molar-refractivity contribution in [2.45, 2.75) is 56.4 Å². The first-order chi connectivity index (χ1) is 15.5. The maximum atomic E-state index is 13.5. The van der Waals surface area contributed by atoms with Gasteiger partial charge in [-0.3, -0.25) is 9.59 Å². The van der Waals surface area contributed by atoms with Crippen molar-refractivity contribution >= 4 is 34.2 Å². The summed E-state index contributed by atoms with van der Waals surface area (Å²) in [6, 6.07) is 8.70. The van der Waals surface area contributed by atoms with Crippen LogP contribution in [0.25, 0.3) is 11.0 Å². The summed E-state index contributed by atoms with van der Waals surface area (Å²) < 4.78 is 13.5. The first kappa shape index (κ1) is 21.1. The fourth-order valence-electron chi connectivity index (χ4n) is 5.03. The van der Waals surface area contributed by atoms with Crippen LogP contribution in [0.3, 0.4) is 0 Å². The van der Waals surface area contributed by atoms with Gasteiger partial charge in [-0.25, -0.2) is 9.37 Å². The molecule has 2 fully saturated rings. The molecule has 1 aromatic carbocycles. The number of aromatic nitrogens is 2. The summed E-state index contributed by atoms with van der Waals surface area (Å²) >= 11 is 1.70. The molecule has 4 heterocycles. The van der Waals surface area contributed by atoms with Gasteiger partial charge >= 0.3 is 0 Å². The molecule has 1 atom stereocenters. The molecule has 1 unspecified atom stereocenters. The predicted octanol–water partition coefficient (Wildman–Crippen LogP) is 4.14. The van der Waals surface area contributed by atoms with Crippen molar-refractivity contribution in [1.29, 1.82) is 0 Å². The number of likely N-dealkylation sites (tertiary alicyclic amines) is 1. The summed E-state index contributed by atoms with van der Waals surface area (Å²) in [7, 11) is 0. The Kier molecular flexibility index (Phi) is 5.71. The lowest BCUT2D eigenvalue weighted by Crippen LogP contribution is -2.45. The third kappa shape index (κ3) is 4.41. The van der Waals surface area contributed by atoms with Gasteiger partial charge in [0.15, 0.2) is 0 Å². The summed E-state index contributed by atoms with van der Waals surface area (Å²) in [5.74, 6) is 1.08. The number of piperidine rings is 1. The number of imidazole rings is 1. The molecule has 2 N–H and O–H groups in total. The Labute approximate surface area is 190 Å². The normalized spacial score (nSPS) is 21.9. The SMILES string of the molecule is O=C1CCC(CCC(=O)N2CCC(c3nc4ccc(F)cc4[nH]3)CC2)(Cc2cccs2)N1. The first-order valence-corrected chi connectivity index (χ1v) is 12.1. The minimum atomic E-state index is -0.306. The van der Waals surface area contributed by atoms with Gasteiger partial charge in [0.25, 0.3) is 0 Å². The van der Waals surface area contributed by atoms with Crippen LogP contribution in [0.2, 0.25) is 0 Å². The van der Waals surface area contributed by atoms with Crippen LogP contribution in [0.5, 0.6) is 0 Å². The smallest absolute Gasteiger partial charge is 0.222 e. The lowest BCUT2D eigenvalue weighted by Gasteiger charge is -2.33. The highest BCUT2D eigenvalue weighted by atomic mass is 32.1. The number of nitrogens with one attached hydrogen (secondary N) is 2. The number of halogens is 1. The summed E-state index contributed by atoms with van der Waals surface area (Å²) in [5.41, 5.74) is 1.18. The van der Waals surface area contributed by atoms with Crippen molar-refractivity contribution in [3.63, 3.8) is 0 Å². The quantitative estimate of drug-likeness (QED) is 0.588. The number of benzene rings is 1. The van der Waals surface area contributed by atoms with E-state index >= 15 is 0 Å². The monoisotopic (exact) mass is 454 g/mol. The molecule has 2 aliphatic heterocycles. The third-order valence-corrected chi connectivity index (χ3v) is 7.72. The van der Waals surface area contributed by atoms with E-state index in [0.29, 0.717) is 37.9 Å². The van der Waals surface area contributed by atoms with E-state index in [1.165, 1.54) is 17.0 Å². The number of hydrogen-bond acceptors (Lipinski definition) is 4. The Morgan fingerprint density at radius 3 is 2.84 bits per heavy atom. The fraction of sp³-hybridized carbons (Fsp3) is 0.458. The van der Waals surface area contributed by atoms with E-state index in [2.05, 4.69) is 21.4 Å². The Morgan fingerprint density at radius 2 is 2.12 bits per heavy atom. The molecule has 8 heteroatoms. The zero-order valence-electron chi connectivity index (χ0n) is 17.9. The molecule has 2 amide bonds. The van der Waals surface area contributed by atoms with Gasteiger partial charge in [-0.2, -0.15) is 0 Å². The van der Waals surface area contributed by atoms with Gasteiger partial charge in [-0.1, -0.05) is 6.07 Å². The molecule has 168 valence electrons.